The number of sulfonamides is 1. The molecule has 1 rings (SSSR count). The molecule has 1 aromatic rings. The first kappa shape index (κ1) is 17.0. The predicted molar refractivity (Wildman–Crippen MR) is 84.0 cm³/mol. The summed E-state index contributed by atoms with van der Waals surface area (Å²) >= 11 is 4.85. The zero-order chi connectivity index (χ0) is 15.2. The van der Waals surface area contributed by atoms with Crippen LogP contribution in [0.1, 0.15) is 24.5 Å². The summed E-state index contributed by atoms with van der Waals surface area (Å²) in [6.07, 6.45) is 0.635. The number of nitrogens with one attached hydrogen (secondary N) is 1. The second-order valence-corrected chi connectivity index (χ2v) is 6.81. The zero-order valence-electron chi connectivity index (χ0n) is 11.6. The number of methoxy groups -OCH3 is 1. The summed E-state index contributed by atoms with van der Waals surface area (Å²) in [4.78, 5) is 0.297. The molecule has 0 saturated heterocycles. The van der Waals surface area contributed by atoms with Crippen molar-refractivity contribution in [1.29, 1.82) is 0 Å². The number of nitrogens with two attached hydrogens (primary N) is 1. The number of ether oxygens (including phenoxy) is 1. The van der Waals surface area contributed by atoms with Crippen molar-refractivity contribution in [3.63, 3.8) is 0 Å². The first-order valence-corrected chi connectivity index (χ1v) is 8.28. The van der Waals surface area contributed by atoms with Crippen molar-refractivity contribution in [3.05, 3.63) is 35.4 Å². The van der Waals surface area contributed by atoms with Gasteiger partial charge in [-0.05, 0) is 18.9 Å². The van der Waals surface area contributed by atoms with Crippen LogP contribution in [0.4, 0.5) is 0 Å². The SMILES string of the molecule is COCCC(C)NS(=O)(=O)Cc1ccc(C(N)=S)cc1. The fourth-order valence-corrected chi connectivity index (χ4v) is 3.27. The topological polar surface area (TPSA) is 81.4 Å². The predicted octanol–water partition coefficient (Wildman–Crippen LogP) is 1.17. The fraction of sp³-hybridized carbons (Fsp3) is 0.462. The Morgan fingerprint density at radius 1 is 1.40 bits per heavy atom. The van der Waals surface area contributed by atoms with Crippen LogP contribution in [-0.2, 0) is 20.5 Å². The molecule has 1 unspecified atom stereocenters. The molecule has 0 aliphatic carbocycles. The average molecular weight is 316 g/mol. The number of rotatable bonds is 8. The van der Waals surface area contributed by atoms with E-state index in [4.69, 9.17) is 22.7 Å². The highest BCUT2D eigenvalue weighted by molar-refractivity contribution is 7.88. The first-order valence-electron chi connectivity index (χ1n) is 6.22. The van der Waals surface area contributed by atoms with Gasteiger partial charge in [-0.2, -0.15) is 0 Å². The van der Waals surface area contributed by atoms with E-state index in [1.165, 1.54) is 0 Å². The summed E-state index contributed by atoms with van der Waals surface area (Å²) in [5.41, 5.74) is 6.91. The lowest BCUT2D eigenvalue weighted by atomic mass is 10.1. The van der Waals surface area contributed by atoms with Crippen LogP contribution in [0, 0.1) is 0 Å². The van der Waals surface area contributed by atoms with Crippen LogP contribution in [0.15, 0.2) is 24.3 Å². The van der Waals surface area contributed by atoms with Gasteiger partial charge in [-0.1, -0.05) is 36.5 Å². The Bertz CT molecular complexity index is 541. The van der Waals surface area contributed by atoms with E-state index in [0.29, 0.717) is 23.6 Å². The van der Waals surface area contributed by atoms with E-state index in [1.807, 2.05) is 6.92 Å². The Morgan fingerprint density at radius 3 is 2.50 bits per heavy atom. The summed E-state index contributed by atoms with van der Waals surface area (Å²) in [5.74, 6) is -0.0675. The molecule has 3 N–H and O–H groups in total. The van der Waals surface area contributed by atoms with Gasteiger partial charge in [0.2, 0.25) is 10.0 Å². The third-order valence-electron chi connectivity index (χ3n) is 2.73. The zero-order valence-corrected chi connectivity index (χ0v) is 13.3. The number of benzene rings is 1. The maximum absolute atomic E-state index is 12.0. The lowest BCUT2D eigenvalue weighted by Crippen LogP contribution is -2.34. The van der Waals surface area contributed by atoms with Gasteiger partial charge in [0.05, 0.1) is 5.75 Å². The molecule has 1 aromatic carbocycles. The summed E-state index contributed by atoms with van der Waals surface area (Å²) in [7, 11) is -1.78. The maximum atomic E-state index is 12.0. The highest BCUT2D eigenvalue weighted by atomic mass is 32.2. The fourth-order valence-electron chi connectivity index (χ4n) is 1.69. The first-order chi connectivity index (χ1) is 9.34. The largest absolute Gasteiger partial charge is 0.389 e. The number of thiocarbonyl (C=S) groups is 1. The Balaban J connectivity index is 2.64. The Hall–Kier alpha value is -1.02. The summed E-state index contributed by atoms with van der Waals surface area (Å²) in [6.45, 7) is 2.33. The molecule has 0 bridgehead atoms. The summed E-state index contributed by atoms with van der Waals surface area (Å²) < 4.78 is 31.5. The van der Waals surface area contributed by atoms with Gasteiger partial charge in [0, 0.05) is 25.3 Å². The quantitative estimate of drug-likeness (QED) is 0.704. The molecule has 0 radical (unpaired) electrons. The molecule has 20 heavy (non-hydrogen) atoms. The second kappa shape index (κ2) is 7.68. The molecule has 0 aliphatic rings. The van der Waals surface area contributed by atoms with Gasteiger partial charge in [0.15, 0.2) is 0 Å². The molecule has 0 fully saturated rings. The van der Waals surface area contributed by atoms with Crippen molar-refractivity contribution in [2.24, 2.45) is 5.73 Å². The molecule has 0 heterocycles. The Labute approximate surface area is 125 Å². The van der Waals surface area contributed by atoms with Gasteiger partial charge in [0.25, 0.3) is 0 Å². The molecular formula is C13H20N2O3S2. The molecule has 112 valence electrons. The van der Waals surface area contributed by atoms with Crippen LogP contribution >= 0.6 is 12.2 Å². The standard InChI is InChI=1S/C13H20N2O3S2/c1-10(7-8-18-2)15-20(16,17)9-11-3-5-12(6-4-11)13(14)19/h3-6,10,15H,7-9H2,1-2H3,(H2,14,19). The molecule has 0 spiro atoms. The molecule has 7 heteroatoms. The summed E-state index contributed by atoms with van der Waals surface area (Å²) in [6, 6.07) is 6.72. The van der Waals surface area contributed by atoms with Crippen molar-refractivity contribution in [1.82, 2.24) is 4.72 Å². The lowest BCUT2D eigenvalue weighted by molar-refractivity contribution is 0.188. The third-order valence-corrected chi connectivity index (χ3v) is 4.44. The molecule has 0 aliphatic heterocycles. The molecule has 1 atom stereocenters. The molecule has 0 aromatic heterocycles. The van der Waals surface area contributed by atoms with E-state index < -0.39 is 10.0 Å². The Kier molecular flexibility index (Phi) is 6.54. The van der Waals surface area contributed by atoms with Crippen LogP contribution in [0.25, 0.3) is 0 Å². The van der Waals surface area contributed by atoms with Crippen LogP contribution in [0.5, 0.6) is 0 Å². The van der Waals surface area contributed by atoms with Crippen LogP contribution in [0.2, 0.25) is 0 Å². The van der Waals surface area contributed by atoms with Gasteiger partial charge >= 0.3 is 0 Å². The van der Waals surface area contributed by atoms with Gasteiger partial charge in [-0.3, -0.25) is 0 Å². The monoisotopic (exact) mass is 316 g/mol. The van der Waals surface area contributed by atoms with Crippen LogP contribution in [-0.4, -0.2) is 33.2 Å². The van der Waals surface area contributed by atoms with Crippen molar-refractivity contribution < 1.29 is 13.2 Å². The average Bonchev–Trinajstić information content (AvgIpc) is 2.35. The normalized spacial score (nSPS) is 13.1. The van der Waals surface area contributed by atoms with Crippen LogP contribution < -0.4 is 10.5 Å². The van der Waals surface area contributed by atoms with E-state index in [0.717, 1.165) is 5.56 Å². The number of hydrogen-bond donors (Lipinski definition) is 2. The minimum absolute atomic E-state index is 0.0675. The summed E-state index contributed by atoms with van der Waals surface area (Å²) in [5, 5.41) is 0. The smallest absolute Gasteiger partial charge is 0.216 e. The van der Waals surface area contributed by atoms with E-state index >= 15 is 0 Å². The Morgan fingerprint density at radius 2 is 2.00 bits per heavy atom. The van der Waals surface area contributed by atoms with Gasteiger partial charge in [-0.25, -0.2) is 13.1 Å². The minimum atomic E-state index is -3.37. The van der Waals surface area contributed by atoms with Crippen molar-refractivity contribution in [2.45, 2.75) is 25.1 Å². The lowest BCUT2D eigenvalue weighted by Gasteiger charge is -2.13. The molecule has 0 amide bonds. The molecule has 5 nitrogen and oxygen atoms in total. The third kappa shape index (κ3) is 5.96. The maximum Gasteiger partial charge on any atom is 0.216 e. The molecular weight excluding hydrogens is 296 g/mol. The van der Waals surface area contributed by atoms with Gasteiger partial charge in [0.1, 0.15) is 4.99 Å². The second-order valence-electron chi connectivity index (χ2n) is 4.62. The van der Waals surface area contributed by atoms with Crippen LogP contribution in [0.3, 0.4) is 0 Å². The van der Waals surface area contributed by atoms with Crippen molar-refractivity contribution in [2.75, 3.05) is 13.7 Å². The molecule has 0 saturated carbocycles. The van der Waals surface area contributed by atoms with E-state index in [1.54, 1.807) is 31.4 Å². The van der Waals surface area contributed by atoms with E-state index in [2.05, 4.69) is 4.72 Å². The van der Waals surface area contributed by atoms with E-state index in [-0.39, 0.29) is 11.8 Å². The minimum Gasteiger partial charge on any atom is -0.389 e. The van der Waals surface area contributed by atoms with E-state index in [9.17, 15) is 8.42 Å². The van der Waals surface area contributed by atoms with Gasteiger partial charge in [-0.15, -0.1) is 0 Å². The van der Waals surface area contributed by atoms with Crippen molar-refractivity contribution in [3.8, 4) is 0 Å². The highest BCUT2D eigenvalue weighted by Gasteiger charge is 2.15. The highest BCUT2D eigenvalue weighted by Crippen LogP contribution is 2.09. The van der Waals surface area contributed by atoms with Crippen molar-refractivity contribution >= 4 is 27.2 Å². The number of hydrogen-bond acceptors (Lipinski definition) is 4. The van der Waals surface area contributed by atoms with Gasteiger partial charge < -0.3 is 10.5 Å².